The van der Waals surface area contributed by atoms with E-state index < -0.39 is 0 Å². The van der Waals surface area contributed by atoms with Gasteiger partial charge in [0.2, 0.25) is 0 Å². The van der Waals surface area contributed by atoms with E-state index in [0.29, 0.717) is 10.9 Å². The number of hydrogen-bond donors (Lipinski definition) is 1. The Morgan fingerprint density at radius 2 is 1.93 bits per heavy atom. The van der Waals surface area contributed by atoms with Crippen LogP contribution in [0, 0.1) is 11.3 Å². The molecule has 3 aliphatic rings. The van der Waals surface area contributed by atoms with Crippen LogP contribution in [0.3, 0.4) is 0 Å². The van der Waals surface area contributed by atoms with Crippen LogP contribution in [0.25, 0.3) is 0 Å². The first-order chi connectivity index (χ1) is 6.67. The highest BCUT2D eigenvalue weighted by molar-refractivity contribution is 7.80. The van der Waals surface area contributed by atoms with Crippen molar-refractivity contribution < 1.29 is 9.47 Å². The molecule has 3 rings (SSSR count). The standard InChI is InChI=1S/C10H15NO2S/c11-8(14)9-1-2-10(6-7(9)5-9)12-3-4-13-10/h7H,1-6H2,(H2,11,14). The molecule has 0 aromatic carbocycles. The summed E-state index contributed by atoms with van der Waals surface area (Å²) in [4.78, 5) is 0.704. The molecule has 4 heteroatoms. The molecule has 0 amide bonds. The highest BCUT2D eigenvalue weighted by Gasteiger charge is 2.63. The van der Waals surface area contributed by atoms with Gasteiger partial charge in [-0.2, -0.15) is 0 Å². The van der Waals surface area contributed by atoms with Gasteiger partial charge in [-0.15, -0.1) is 0 Å². The summed E-state index contributed by atoms with van der Waals surface area (Å²) in [6, 6.07) is 0. The fourth-order valence-electron chi connectivity index (χ4n) is 3.03. The lowest BCUT2D eigenvalue weighted by atomic mass is 9.84. The fraction of sp³-hybridized carbons (Fsp3) is 0.900. The zero-order valence-corrected chi connectivity index (χ0v) is 8.94. The lowest BCUT2D eigenvalue weighted by Gasteiger charge is -2.34. The van der Waals surface area contributed by atoms with Gasteiger partial charge < -0.3 is 15.2 Å². The van der Waals surface area contributed by atoms with Crippen LogP contribution in [0.15, 0.2) is 0 Å². The van der Waals surface area contributed by atoms with E-state index in [0.717, 1.165) is 38.9 Å². The zero-order chi connectivity index (χ0) is 9.81. The summed E-state index contributed by atoms with van der Waals surface area (Å²) in [7, 11) is 0. The van der Waals surface area contributed by atoms with E-state index in [2.05, 4.69) is 0 Å². The van der Waals surface area contributed by atoms with E-state index in [-0.39, 0.29) is 11.2 Å². The largest absolute Gasteiger partial charge is 0.393 e. The molecule has 3 nitrogen and oxygen atoms in total. The van der Waals surface area contributed by atoms with E-state index in [9.17, 15) is 0 Å². The van der Waals surface area contributed by atoms with Crippen LogP contribution in [0.4, 0.5) is 0 Å². The Hall–Kier alpha value is -0.190. The molecule has 2 saturated carbocycles. The summed E-state index contributed by atoms with van der Waals surface area (Å²) >= 11 is 5.13. The second-order valence-corrected chi connectivity index (χ2v) is 5.17. The minimum absolute atomic E-state index is 0.176. The molecule has 2 N–H and O–H groups in total. The summed E-state index contributed by atoms with van der Waals surface area (Å²) < 4.78 is 11.4. The maximum absolute atomic E-state index is 5.78. The van der Waals surface area contributed by atoms with E-state index in [1.54, 1.807) is 0 Å². The molecule has 1 saturated heterocycles. The van der Waals surface area contributed by atoms with Gasteiger partial charge in [0.1, 0.15) is 0 Å². The SMILES string of the molecule is NC(=S)C12CCC3(CC1C2)OCCO3. The number of thiocarbonyl (C=S) groups is 1. The smallest absolute Gasteiger partial charge is 0.168 e. The summed E-state index contributed by atoms with van der Waals surface area (Å²) in [5.74, 6) is 0.349. The van der Waals surface area contributed by atoms with Crippen molar-refractivity contribution in [2.45, 2.75) is 31.5 Å². The number of fused-ring (bicyclic) bond motifs is 1. The fourth-order valence-corrected chi connectivity index (χ4v) is 3.38. The quantitative estimate of drug-likeness (QED) is 0.665. The molecule has 14 heavy (non-hydrogen) atoms. The predicted octanol–water partition coefficient (Wildman–Crippen LogP) is 1.21. The highest BCUT2D eigenvalue weighted by Crippen LogP contribution is 2.64. The third-order valence-corrected chi connectivity index (χ3v) is 4.45. The van der Waals surface area contributed by atoms with Crippen molar-refractivity contribution in [3.63, 3.8) is 0 Å². The van der Waals surface area contributed by atoms with E-state index in [1.165, 1.54) is 0 Å². The minimum Gasteiger partial charge on any atom is -0.393 e. The Morgan fingerprint density at radius 3 is 2.50 bits per heavy atom. The molecule has 1 aliphatic heterocycles. The third kappa shape index (κ3) is 1.08. The molecule has 1 spiro atoms. The average Bonchev–Trinajstić information content (AvgIpc) is 2.71. The Labute approximate surface area is 88.9 Å². The van der Waals surface area contributed by atoms with Gasteiger partial charge in [-0.25, -0.2) is 0 Å². The van der Waals surface area contributed by atoms with Crippen molar-refractivity contribution in [2.24, 2.45) is 17.1 Å². The summed E-state index contributed by atoms with van der Waals surface area (Å²) in [6.07, 6.45) is 4.15. The van der Waals surface area contributed by atoms with Crippen molar-refractivity contribution in [1.82, 2.24) is 0 Å². The van der Waals surface area contributed by atoms with Crippen molar-refractivity contribution in [1.29, 1.82) is 0 Å². The molecule has 0 aromatic rings. The molecule has 0 bridgehead atoms. The van der Waals surface area contributed by atoms with Crippen LogP contribution in [0.5, 0.6) is 0 Å². The Balaban J connectivity index is 1.75. The molecule has 0 radical (unpaired) electrons. The molecule has 1 heterocycles. The minimum atomic E-state index is -0.268. The van der Waals surface area contributed by atoms with Crippen LogP contribution >= 0.6 is 12.2 Å². The molecular weight excluding hydrogens is 198 g/mol. The van der Waals surface area contributed by atoms with Crippen LogP contribution in [0.2, 0.25) is 0 Å². The normalized spacial score (nSPS) is 43.6. The van der Waals surface area contributed by atoms with Gasteiger partial charge in [0.15, 0.2) is 5.79 Å². The molecule has 78 valence electrons. The third-order valence-electron chi connectivity index (χ3n) is 4.05. The van der Waals surface area contributed by atoms with Crippen molar-refractivity contribution in [3.8, 4) is 0 Å². The van der Waals surface area contributed by atoms with Gasteiger partial charge in [0.05, 0.1) is 18.2 Å². The molecule has 3 fully saturated rings. The van der Waals surface area contributed by atoms with E-state index in [1.807, 2.05) is 0 Å². The second kappa shape index (κ2) is 2.68. The first-order valence-electron chi connectivity index (χ1n) is 5.25. The average molecular weight is 213 g/mol. The Morgan fingerprint density at radius 1 is 1.21 bits per heavy atom. The van der Waals surface area contributed by atoms with Crippen molar-refractivity contribution >= 4 is 17.2 Å². The van der Waals surface area contributed by atoms with Crippen LogP contribution < -0.4 is 5.73 Å². The maximum Gasteiger partial charge on any atom is 0.168 e. The predicted molar refractivity (Wildman–Crippen MR) is 55.8 cm³/mol. The summed E-state index contributed by atoms with van der Waals surface area (Å²) in [5, 5.41) is 0. The second-order valence-electron chi connectivity index (χ2n) is 4.73. The van der Waals surface area contributed by atoms with Crippen LogP contribution in [-0.4, -0.2) is 24.0 Å². The van der Waals surface area contributed by atoms with Gasteiger partial charge >= 0.3 is 0 Å². The molecule has 2 atom stereocenters. The number of hydrogen-bond acceptors (Lipinski definition) is 3. The first kappa shape index (κ1) is 9.07. The van der Waals surface area contributed by atoms with E-state index in [4.69, 9.17) is 27.4 Å². The lowest BCUT2D eigenvalue weighted by molar-refractivity contribution is -0.181. The van der Waals surface area contributed by atoms with Gasteiger partial charge in [-0.05, 0) is 18.8 Å². The van der Waals surface area contributed by atoms with Crippen LogP contribution in [-0.2, 0) is 9.47 Å². The monoisotopic (exact) mass is 213 g/mol. The number of rotatable bonds is 1. The number of ether oxygens (including phenoxy) is 2. The van der Waals surface area contributed by atoms with Gasteiger partial charge in [0, 0.05) is 18.3 Å². The molecule has 0 aromatic heterocycles. The molecule has 2 aliphatic carbocycles. The van der Waals surface area contributed by atoms with Crippen molar-refractivity contribution in [2.75, 3.05) is 13.2 Å². The van der Waals surface area contributed by atoms with Gasteiger partial charge in [-0.1, -0.05) is 12.2 Å². The van der Waals surface area contributed by atoms with Gasteiger partial charge in [0.25, 0.3) is 0 Å². The highest BCUT2D eigenvalue weighted by atomic mass is 32.1. The summed E-state index contributed by atoms with van der Waals surface area (Å²) in [5.41, 5.74) is 5.96. The maximum atomic E-state index is 5.78. The van der Waals surface area contributed by atoms with Crippen molar-refractivity contribution in [3.05, 3.63) is 0 Å². The topological polar surface area (TPSA) is 44.5 Å². The zero-order valence-electron chi connectivity index (χ0n) is 8.12. The van der Waals surface area contributed by atoms with Gasteiger partial charge in [-0.3, -0.25) is 0 Å². The van der Waals surface area contributed by atoms with E-state index >= 15 is 0 Å². The Bertz CT molecular complexity index is 288. The Kier molecular flexibility index (Phi) is 1.74. The van der Waals surface area contributed by atoms with Crippen LogP contribution in [0.1, 0.15) is 25.7 Å². The number of nitrogens with two attached hydrogens (primary N) is 1. The lowest BCUT2D eigenvalue weighted by Crippen LogP contribution is -2.39. The molecule has 2 unspecified atom stereocenters. The first-order valence-corrected chi connectivity index (χ1v) is 5.66. The summed E-state index contributed by atoms with van der Waals surface area (Å²) in [6.45, 7) is 1.49. The molecular formula is C10H15NO2S.